The molecule has 0 radical (unpaired) electrons. The monoisotopic (exact) mass is 189 g/mol. The van der Waals surface area contributed by atoms with Crippen LogP contribution in [0.1, 0.15) is 11.4 Å². The van der Waals surface area contributed by atoms with Crippen LogP contribution in [0.2, 0.25) is 0 Å². The van der Waals surface area contributed by atoms with Gasteiger partial charge in [0.15, 0.2) is 0 Å². The smallest absolute Gasteiger partial charge is 0.222 e. The van der Waals surface area contributed by atoms with Crippen LogP contribution >= 0.6 is 0 Å². The van der Waals surface area contributed by atoms with Crippen LogP contribution < -0.4 is 5.32 Å². The predicted molar refractivity (Wildman–Crippen MR) is 52.7 cm³/mol. The first kappa shape index (κ1) is 8.68. The summed E-state index contributed by atoms with van der Waals surface area (Å²) in [5, 5.41) is 10.0. The van der Waals surface area contributed by atoms with E-state index in [9.17, 15) is 0 Å². The number of nitrogens with zero attached hydrogens (tertiary/aromatic N) is 3. The Bertz CT molecular complexity index is 395. The Morgan fingerprint density at radius 3 is 2.79 bits per heavy atom. The van der Waals surface area contributed by atoms with Crippen molar-refractivity contribution in [3.05, 3.63) is 35.9 Å². The van der Waals surface area contributed by atoms with Crippen molar-refractivity contribution in [1.82, 2.24) is 20.2 Å². The molecule has 0 aliphatic rings. The lowest BCUT2D eigenvalue weighted by Crippen LogP contribution is -2.02. The summed E-state index contributed by atoms with van der Waals surface area (Å²) in [5.74, 6) is 0.619. The topological polar surface area (TPSA) is 66.5 Å². The third-order valence-electron chi connectivity index (χ3n) is 1.75. The molecular formula is C9H11N5. The van der Waals surface area contributed by atoms with Gasteiger partial charge >= 0.3 is 0 Å². The quantitative estimate of drug-likeness (QED) is 0.759. The second-order valence-electron chi connectivity index (χ2n) is 2.97. The van der Waals surface area contributed by atoms with Crippen molar-refractivity contribution >= 4 is 5.95 Å². The first-order valence-electron chi connectivity index (χ1n) is 4.36. The molecule has 0 aromatic carbocycles. The van der Waals surface area contributed by atoms with E-state index in [0.29, 0.717) is 12.5 Å². The molecule has 2 N–H and O–H groups in total. The molecule has 14 heavy (non-hydrogen) atoms. The Balaban J connectivity index is 1.95. The lowest BCUT2D eigenvalue weighted by atomic mass is 10.4. The van der Waals surface area contributed by atoms with E-state index in [0.717, 1.165) is 11.4 Å². The van der Waals surface area contributed by atoms with E-state index >= 15 is 0 Å². The minimum Gasteiger partial charge on any atom is -0.348 e. The molecule has 0 aliphatic carbocycles. The first-order valence-corrected chi connectivity index (χ1v) is 4.36. The van der Waals surface area contributed by atoms with Gasteiger partial charge in [-0.3, -0.25) is 5.10 Å². The van der Waals surface area contributed by atoms with Crippen LogP contribution in [0.3, 0.4) is 0 Å². The molecule has 2 heterocycles. The largest absolute Gasteiger partial charge is 0.348 e. The van der Waals surface area contributed by atoms with Gasteiger partial charge in [-0.05, 0) is 19.1 Å². The summed E-state index contributed by atoms with van der Waals surface area (Å²) in [4.78, 5) is 8.08. The van der Waals surface area contributed by atoms with E-state index < -0.39 is 0 Å². The summed E-state index contributed by atoms with van der Waals surface area (Å²) >= 11 is 0. The minimum absolute atomic E-state index is 0.619. The summed E-state index contributed by atoms with van der Waals surface area (Å²) in [6.45, 7) is 2.60. The highest BCUT2D eigenvalue weighted by molar-refractivity contribution is 5.24. The zero-order valence-electron chi connectivity index (χ0n) is 7.86. The highest BCUT2D eigenvalue weighted by atomic mass is 15.1. The summed E-state index contributed by atoms with van der Waals surface area (Å²) < 4.78 is 0. The fourth-order valence-corrected chi connectivity index (χ4v) is 1.13. The van der Waals surface area contributed by atoms with E-state index in [-0.39, 0.29) is 0 Å². The fraction of sp³-hybridized carbons (Fsp3) is 0.222. The Morgan fingerprint density at radius 2 is 2.14 bits per heavy atom. The molecule has 2 aromatic heterocycles. The Morgan fingerprint density at radius 1 is 1.36 bits per heavy atom. The minimum atomic E-state index is 0.619. The molecule has 0 atom stereocenters. The van der Waals surface area contributed by atoms with Gasteiger partial charge in [-0.1, -0.05) is 0 Å². The maximum atomic E-state index is 4.09. The van der Waals surface area contributed by atoms with E-state index in [1.807, 2.05) is 13.0 Å². The zero-order valence-corrected chi connectivity index (χ0v) is 7.86. The third-order valence-corrected chi connectivity index (χ3v) is 1.75. The maximum Gasteiger partial charge on any atom is 0.222 e. The van der Waals surface area contributed by atoms with E-state index in [2.05, 4.69) is 25.5 Å². The van der Waals surface area contributed by atoms with E-state index in [4.69, 9.17) is 0 Å². The molecule has 0 unspecified atom stereocenters. The van der Waals surface area contributed by atoms with Crippen molar-refractivity contribution < 1.29 is 0 Å². The Kier molecular flexibility index (Phi) is 2.40. The number of rotatable bonds is 3. The van der Waals surface area contributed by atoms with Gasteiger partial charge in [0, 0.05) is 18.1 Å². The van der Waals surface area contributed by atoms with Crippen LogP contribution in [0, 0.1) is 6.92 Å². The average molecular weight is 189 g/mol. The van der Waals surface area contributed by atoms with Gasteiger partial charge in [-0.15, -0.1) is 0 Å². The van der Waals surface area contributed by atoms with Gasteiger partial charge in [-0.2, -0.15) is 5.10 Å². The zero-order chi connectivity index (χ0) is 9.80. The Hall–Kier alpha value is -1.91. The standard InChI is InChI=1S/C9H11N5/c1-7-5-8(14-13-7)6-12-9-10-3-2-4-11-9/h2-5H,6H2,1H3,(H,13,14)(H,10,11,12). The van der Waals surface area contributed by atoms with Crippen molar-refractivity contribution in [3.63, 3.8) is 0 Å². The van der Waals surface area contributed by atoms with E-state index in [1.54, 1.807) is 18.5 Å². The van der Waals surface area contributed by atoms with Gasteiger partial charge in [0.2, 0.25) is 5.95 Å². The fourth-order valence-electron chi connectivity index (χ4n) is 1.13. The van der Waals surface area contributed by atoms with Crippen molar-refractivity contribution in [3.8, 4) is 0 Å². The molecule has 5 heteroatoms. The van der Waals surface area contributed by atoms with Crippen LogP contribution in [0.25, 0.3) is 0 Å². The number of H-pyrrole nitrogens is 1. The van der Waals surface area contributed by atoms with Crippen LogP contribution in [0.5, 0.6) is 0 Å². The van der Waals surface area contributed by atoms with Crippen molar-refractivity contribution in [2.75, 3.05) is 5.32 Å². The summed E-state index contributed by atoms with van der Waals surface area (Å²) in [6, 6.07) is 3.76. The molecule has 0 aliphatic heterocycles. The normalized spacial score (nSPS) is 10.1. The van der Waals surface area contributed by atoms with Crippen LogP contribution in [0.4, 0.5) is 5.95 Å². The number of anilines is 1. The number of hydrogen-bond donors (Lipinski definition) is 2. The second kappa shape index (κ2) is 3.87. The number of aryl methyl sites for hydroxylation is 1. The summed E-state index contributed by atoms with van der Waals surface area (Å²) in [5.41, 5.74) is 2.01. The number of aromatic nitrogens is 4. The second-order valence-corrected chi connectivity index (χ2v) is 2.97. The molecule has 5 nitrogen and oxygen atoms in total. The molecule has 2 aromatic rings. The Labute approximate surface area is 81.6 Å². The van der Waals surface area contributed by atoms with Crippen LogP contribution in [0.15, 0.2) is 24.5 Å². The van der Waals surface area contributed by atoms with Crippen molar-refractivity contribution in [2.24, 2.45) is 0 Å². The van der Waals surface area contributed by atoms with E-state index in [1.165, 1.54) is 0 Å². The predicted octanol–water partition coefficient (Wildman–Crippen LogP) is 1.12. The van der Waals surface area contributed by atoms with Crippen molar-refractivity contribution in [1.29, 1.82) is 0 Å². The molecule has 2 rings (SSSR count). The molecule has 0 saturated carbocycles. The summed E-state index contributed by atoms with van der Waals surface area (Å²) in [7, 11) is 0. The average Bonchev–Trinajstić information content (AvgIpc) is 2.63. The maximum absolute atomic E-state index is 4.09. The number of nitrogens with one attached hydrogen (secondary N) is 2. The molecular weight excluding hydrogens is 178 g/mol. The van der Waals surface area contributed by atoms with Crippen LogP contribution in [-0.4, -0.2) is 20.2 Å². The van der Waals surface area contributed by atoms with Gasteiger partial charge < -0.3 is 5.32 Å². The number of aromatic amines is 1. The lowest BCUT2D eigenvalue weighted by molar-refractivity contribution is 0.952. The van der Waals surface area contributed by atoms with Gasteiger partial charge in [0.25, 0.3) is 0 Å². The third kappa shape index (κ3) is 2.07. The van der Waals surface area contributed by atoms with Gasteiger partial charge in [0.05, 0.1) is 12.2 Å². The van der Waals surface area contributed by atoms with Gasteiger partial charge in [0.1, 0.15) is 0 Å². The molecule has 0 bridgehead atoms. The molecule has 0 saturated heterocycles. The molecule has 0 amide bonds. The highest BCUT2D eigenvalue weighted by Gasteiger charge is 1.98. The molecule has 0 spiro atoms. The van der Waals surface area contributed by atoms with Crippen molar-refractivity contribution in [2.45, 2.75) is 13.5 Å². The first-order chi connectivity index (χ1) is 6.84. The lowest BCUT2D eigenvalue weighted by Gasteiger charge is -1.99. The molecule has 72 valence electrons. The SMILES string of the molecule is Cc1cc(CNc2ncccn2)n[nH]1. The van der Waals surface area contributed by atoms with Crippen LogP contribution in [-0.2, 0) is 6.54 Å². The highest BCUT2D eigenvalue weighted by Crippen LogP contribution is 2.01. The van der Waals surface area contributed by atoms with Gasteiger partial charge in [-0.25, -0.2) is 9.97 Å². The number of hydrogen-bond acceptors (Lipinski definition) is 4. The molecule has 0 fully saturated rings. The summed E-state index contributed by atoms with van der Waals surface area (Å²) in [6.07, 6.45) is 3.40.